The molecule has 5 heteroatoms. The molecule has 0 saturated carbocycles. The highest BCUT2D eigenvalue weighted by atomic mass is 16.4. The van der Waals surface area contributed by atoms with E-state index in [-0.39, 0.29) is 11.9 Å². The number of pyridine rings is 1. The summed E-state index contributed by atoms with van der Waals surface area (Å²) >= 11 is 0. The van der Waals surface area contributed by atoms with Crippen LogP contribution in [0.15, 0.2) is 41.7 Å². The summed E-state index contributed by atoms with van der Waals surface area (Å²) in [7, 11) is 0. The van der Waals surface area contributed by atoms with Crippen LogP contribution in [0.2, 0.25) is 0 Å². The molecule has 0 aliphatic heterocycles. The summed E-state index contributed by atoms with van der Waals surface area (Å²) in [5.74, 6) is 0.250. The van der Waals surface area contributed by atoms with Gasteiger partial charge in [0.15, 0.2) is 0 Å². The normalized spacial score (nSPS) is 13.6. The molecule has 2 aromatic rings. The van der Waals surface area contributed by atoms with Gasteiger partial charge in [0.1, 0.15) is 5.84 Å². The van der Waals surface area contributed by atoms with Gasteiger partial charge < -0.3 is 16.3 Å². The Labute approximate surface area is 118 Å². The number of nitrogens with one attached hydrogen (secondary N) is 1. The van der Waals surface area contributed by atoms with Crippen molar-refractivity contribution in [1.82, 2.24) is 10.3 Å². The second-order valence-corrected chi connectivity index (χ2v) is 4.77. The Hall–Kier alpha value is -2.14. The van der Waals surface area contributed by atoms with Gasteiger partial charge in [0.05, 0.1) is 5.52 Å². The van der Waals surface area contributed by atoms with Crippen molar-refractivity contribution in [2.24, 2.45) is 10.9 Å². The van der Waals surface area contributed by atoms with Gasteiger partial charge in [-0.25, -0.2) is 0 Å². The third-order valence-electron chi connectivity index (χ3n) is 3.37. The average molecular weight is 272 g/mol. The molecule has 0 fully saturated rings. The van der Waals surface area contributed by atoms with Crippen LogP contribution in [-0.4, -0.2) is 22.1 Å². The molecular weight excluding hydrogens is 252 g/mol. The summed E-state index contributed by atoms with van der Waals surface area (Å²) in [5, 5.41) is 16.2. The van der Waals surface area contributed by atoms with Gasteiger partial charge in [0.2, 0.25) is 0 Å². The quantitative estimate of drug-likeness (QED) is 0.326. The first kappa shape index (κ1) is 14.3. The van der Waals surface area contributed by atoms with Gasteiger partial charge in [-0.3, -0.25) is 4.98 Å². The van der Waals surface area contributed by atoms with Crippen molar-refractivity contribution in [2.45, 2.75) is 32.4 Å². The van der Waals surface area contributed by atoms with Gasteiger partial charge in [-0.05, 0) is 18.1 Å². The molecule has 0 bridgehead atoms. The lowest BCUT2D eigenvalue weighted by Crippen LogP contribution is -2.32. The number of nitrogens with two attached hydrogens (primary N) is 1. The van der Waals surface area contributed by atoms with Crippen molar-refractivity contribution in [2.75, 3.05) is 0 Å². The summed E-state index contributed by atoms with van der Waals surface area (Å²) in [5.41, 5.74) is 7.73. The van der Waals surface area contributed by atoms with Gasteiger partial charge in [-0.15, -0.1) is 0 Å². The fourth-order valence-corrected chi connectivity index (χ4v) is 2.22. The van der Waals surface area contributed by atoms with E-state index >= 15 is 0 Å². The molecule has 0 amide bonds. The van der Waals surface area contributed by atoms with E-state index in [1.165, 1.54) is 0 Å². The SMILES string of the molecule is CCC(C/C(N)=N/O)NCc1cccc2cccnc12. The van der Waals surface area contributed by atoms with Crippen LogP contribution in [0.4, 0.5) is 0 Å². The standard InChI is InChI=1S/C15H20N4O/c1-2-13(9-14(16)19-20)18-10-12-6-3-5-11-7-4-8-17-15(11)12/h3-8,13,18,20H,2,9-10H2,1H3,(H2,16,19). The summed E-state index contributed by atoms with van der Waals surface area (Å²) in [6, 6.07) is 10.3. The van der Waals surface area contributed by atoms with Crippen LogP contribution in [0.25, 0.3) is 10.9 Å². The molecule has 4 N–H and O–H groups in total. The zero-order valence-corrected chi connectivity index (χ0v) is 11.6. The molecule has 1 heterocycles. The molecule has 1 aromatic heterocycles. The highest BCUT2D eigenvalue weighted by Gasteiger charge is 2.09. The van der Waals surface area contributed by atoms with E-state index in [1.54, 1.807) is 6.20 Å². The van der Waals surface area contributed by atoms with E-state index in [2.05, 4.69) is 40.6 Å². The van der Waals surface area contributed by atoms with Crippen LogP contribution in [0, 0.1) is 0 Å². The number of nitrogens with zero attached hydrogens (tertiary/aromatic N) is 2. The minimum Gasteiger partial charge on any atom is -0.409 e. The number of hydrogen-bond donors (Lipinski definition) is 3. The zero-order chi connectivity index (χ0) is 14.4. The Morgan fingerprint density at radius 3 is 2.95 bits per heavy atom. The van der Waals surface area contributed by atoms with E-state index in [9.17, 15) is 0 Å². The largest absolute Gasteiger partial charge is 0.409 e. The molecule has 106 valence electrons. The third-order valence-corrected chi connectivity index (χ3v) is 3.37. The minimum atomic E-state index is 0.185. The Balaban J connectivity index is 2.08. The highest BCUT2D eigenvalue weighted by molar-refractivity contribution is 5.81. The minimum absolute atomic E-state index is 0.185. The van der Waals surface area contributed by atoms with Gasteiger partial charge >= 0.3 is 0 Å². The van der Waals surface area contributed by atoms with Crippen molar-refractivity contribution in [3.63, 3.8) is 0 Å². The fourth-order valence-electron chi connectivity index (χ4n) is 2.22. The summed E-state index contributed by atoms with van der Waals surface area (Å²) in [4.78, 5) is 4.43. The van der Waals surface area contributed by atoms with Crippen LogP contribution >= 0.6 is 0 Å². The molecule has 0 spiro atoms. The second kappa shape index (κ2) is 6.86. The second-order valence-electron chi connectivity index (χ2n) is 4.77. The lowest BCUT2D eigenvalue weighted by Gasteiger charge is -2.16. The van der Waals surface area contributed by atoms with Crippen LogP contribution < -0.4 is 11.1 Å². The maximum Gasteiger partial charge on any atom is 0.140 e. The lowest BCUT2D eigenvalue weighted by atomic mass is 10.1. The van der Waals surface area contributed by atoms with Crippen LogP contribution in [0.1, 0.15) is 25.3 Å². The first-order valence-electron chi connectivity index (χ1n) is 6.77. The van der Waals surface area contributed by atoms with Crippen molar-refractivity contribution in [1.29, 1.82) is 0 Å². The summed E-state index contributed by atoms with van der Waals surface area (Å²) < 4.78 is 0. The van der Waals surface area contributed by atoms with E-state index in [1.807, 2.05) is 12.1 Å². The van der Waals surface area contributed by atoms with Gasteiger partial charge in [0.25, 0.3) is 0 Å². The van der Waals surface area contributed by atoms with E-state index in [4.69, 9.17) is 10.9 Å². The lowest BCUT2D eigenvalue weighted by molar-refractivity contribution is 0.315. The maximum atomic E-state index is 8.63. The number of fused-ring (bicyclic) bond motifs is 1. The Bertz CT molecular complexity index is 592. The molecule has 5 nitrogen and oxygen atoms in total. The summed E-state index contributed by atoms with van der Waals surface area (Å²) in [6.45, 7) is 2.79. The molecule has 1 atom stereocenters. The molecular formula is C15H20N4O. The van der Waals surface area contributed by atoms with E-state index in [0.717, 1.165) is 22.9 Å². The molecule has 0 radical (unpaired) electrons. The van der Waals surface area contributed by atoms with E-state index < -0.39 is 0 Å². The average Bonchev–Trinajstić information content (AvgIpc) is 2.51. The van der Waals surface area contributed by atoms with E-state index in [0.29, 0.717) is 13.0 Å². The fraction of sp³-hybridized carbons (Fsp3) is 0.333. The molecule has 0 saturated heterocycles. The van der Waals surface area contributed by atoms with Crippen LogP contribution in [0.3, 0.4) is 0 Å². The summed E-state index contributed by atoms with van der Waals surface area (Å²) in [6.07, 6.45) is 3.25. The molecule has 1 unspecified atom stereocenters. The van der Waals surface area contributed by atoms with Gasteiger partial charge in [-0.2, -0.15) is 0 Å². The zero-order valence-electron chi connectivity index (χ0n) is 11.6. The first-order valence-corrected chi connectivity index (χ1v) is 6.77. The monoisotopic (exact) mass is 272 g/mol. The Morgan fingerprint density at radius 2 is 2.20 bits per heavy atom. The maximum absolute atomic E-state index is 8.63. The number of para-hydroxylation sites is 1. The van der Waals surface area contributed by atoms with Crippen LogP contribution in [0.5, 0.6) is 0 Å². The number of amidine groups is 1. The predicted molar refractivity (Wildman–Crippen MR) is 80.7 cm³/mol. The topological polar surface area (TPSA) is 83.5 Å². The van der Waals surface area contributed by atoms with Crippen molar-refractivity contribution < 1.29 is 5.21 Å². The number of rotatable bonds is 6. The predicted octanol–water partition coefficient (Wildman–Crippen LogP) is 2.24. The van der Waals surface area contributed by atoms with Gasteiger partial charge in [-0.1, -0.05) is 36.3 Å². The first-order chi connectivity index (χ1) is 9.74. The molecule has 2 rings (SSSR count). The molecule has 20 heavy (non-hydrogen) atoms. The number of hydrogen-bond acceptors (Lipinski definition) is 4. The van der Waals surface area contributed by atoms with Crippen LogP contribution in [-0.2, 0) is 6.54 Å². The Kier molecular flexibility index (Phi) is 4.90. The molecule has 1 aromatic carbocycles. The smallest absolute Gasteiger partial charge is 0.140 e. The highest BCUT2D eigenvalue weighted by Crippen LogP contribution is 2.16. The van der Waals surface area contributed by atoms with Crippen molar-refractivity contribution >= 4 is 16.7 Å². The number of aromatic nitrogens is 1. The van der Waals surface area contributed by atoms with Crippen molar-refractivity contribution in [3.8, 4) is 0 Å². The number of benzene rings is 1. The van der Waals surface area contributed by atoms with Crippen molar-refractivity contribution in [3.05, 3.63) is 42.1 Å². The van der Waals surface area contributed by atoms with Gasteiger partial charge in [0, 0.05) is 30.6 Å². The molecule has 0 aliphatic carbocycles. The Morgan fingerprint density at radius 1 is 1.40 bits per heavy atom. The molecule has 0 aliphatic rings. The number of oxime groups is 1. The third kappa shape index (κ3) is 3.45.